The average Bonchev–Trinajstić information content (AvgIpc) is 2.34. The van der Waals surface area contributed by atoms with E-state index < -0.39 is 12.6 Å². The van der Waals surface area contributed by atoms with Crippen molar-refractivity contribution < 1.29 is 13.2 Å². The summed E-state index contributed by atoms with van der Waals surface area (Å²) < 4.78 is 36.4. The lowest BCUT2D eigenvalue weighted by atomic mass is 9.72. The van der Waals surface area contributed by atoms with Gasteiger partial charge in [-0.25, -0.2) is 0 Å². The largest absolute Gasteiger partial charge is 0.390 e. The van der Waals surface area contributed by atoms with Crippen molar-refractivity contribution in [3.63, 3.8) is 0 Å². The van der Waals surface area contributed by atoms with Crippen LogP contribution in [0.4, 0.5) is 13.2 Å². The van der Waals surface area contributed by atoms with Crippen LogP contribution in [0.5, 0.6) is 0 Å². The van der Waals surface area contributed by atoms with Crippen LogP contribution in [0.1, 0.15) is 52.4 Å². The Hall–Kier alpha value is -0.760. The van der Waals surface area contributed by atoms with Crippen molar-refractivity contribution in [1.29, 1.82) is 5.26 Å². The summed E-state index contributed by atoms with van der Waals surface area (Å²) in [7, 11) is 0. The molecule has 0 heterocycles. The number of hydrogen-bond acceptors (Lipinski definition) is 2. The summed E-state index contributed by atoms with van der Waals surface area (Å²) in [6.07, 6.45) is -0.293. The smallest absolute Gasteiger partial charge is 0.314 e. The highest BCUT2D eigenvalue weighted by Crippen LogP contribution is 2.36. The lowest BCUT2D eigenvalue weighted by Crippen LogP contribution is -2.38. The second-order valence-electron chi connectivity index (χ2n) is 6.21. The Morgan fingerprint density at radius 1 is 1.30 bits per heavy atom. The van der Waals surface area contributed by atoms with Gasteiger partial charge in [0.2, 0.25) is 0 Å². The zero-order chi connectivity index (χ0) is 15.2. The molecule has 0 bridgehead atoms. The minimum Gasteiger partial charge on any atom is -0.314 e. The normalized spacial score (nSPS) is 25.4. The second-order valence-corrected chi connectivity index (χ2v) is 6.21. The summed E-state index contributed by atoms with van der Waals surface area (Å²) in [5, 5.41) is 12.0. The highest BCUT2D eigenvalue weighted by Gasteiger charge is 2.31. The fraction of sp³-hybridized carbons (Fsp3) is 0.933. The molecule has 0 radical (unpaired) electrons. The molecule has 0 aromatic heterocycles. The van der Waals surface area contributed by atoms with Gasteiger partial charge in [0.05, 0.1) is 12.5 Å². The molecule has 1 aliphatic carbocycles. The molecule has 3 atom stereocenters. The van der Waals surface area contributed by atoms with E-state index in [1.54, 1.807) is 0 Å². The van der Waals surface area contributed by atoms with Crippen LogP contribution in [0.3, 0.4) is 0 Å². The second kappa shape index (κ2) is 7.87. The molecule has 5 heteroatoms. The van der Waals surface area contributed by atoms with Crippen LogP contribution in [0.2, 0.25) is 0 Å². The molecule has 2 nitrogen and oxygen atoms in total. The molecule has 0 spiro atoms. The van der Waals surface area contributed by atoms with E-state index in [-0.39, 0.29) is 12.6 Å². The molecule has 1 rings (SSSR count). The predicted octanol–water partition coefficient (Wildman–Crippen LogP) is 4.27. The van der Waals surface area contributed by atoms with Gasteiger partial charge in [-0.3, -0.25) is 0 Å². The van der Waals surface area contributed by atoms with Crippen LogP contribution in [0, 0.1) is 29.1 Å². The molecule has 1 fully saturated rings. The van der Waals surface area contributed by atoms with Gasteiger partial charge in [0.1, 0.15) is 0 Å². The first-order chi connectivity index (χ1) is 9.33. The van der Waals surface area contributed by atoms with Gasteiger partial charge in [0.25, 0.3) is 0 Å². The van der Waals surface area contributed by atoms with Gasteiger partial charge in [-0.05, 0) is 30.6 Å². The van der Waals surface area contributed by atoms with Crippen LogP contribution >= 0.6 is 0 Å². The molecular weight excluding hydrogens is 265 g/mol. The summed E-state index contributed by atoms with van der Waals surface area (Å²) >= 11 is 0. The third-order valence-electron chi connectivity index (χ3n) is 4.35. The maximum atomic E-state index is 12.1. The molecule has 0 saturated heterocycles. The molecule has 0 aromatic carbocycles. The van der Waals surface area contributed by atoms with Crippen molar-refractivity contribution in [1.82, 2.24) is 5.32 Å². The summed E-state index contributed by atoms with van der Waals surface area (Å²) in [5.74, 6) is 1.28. The van der Waals surface area contributed by atoms with Crippen LogP contribution in [-0.2, 0) is 0 Å². The highest BCUT2D eigenvalue weighted by atomic mass is 19.4. The Labute approximate surface area is 119 Å². The van der Waals surface area contributed by atoms with Gasteiger partial charge in [0, 0.05) is 19.0 Å². The molecule has 20 heavy (non-hydrogen) atoms. The van der Waals surface area contributed by atoms with Crippen LogP contribution in [-0.4, -0.2) is 18.8 Å². The molecule has 0 aromatic rings. The molecule has 116 valence electrons. The molecule has 0 amide bonds. The Bertz CT molecular complexity index is 320. The van der Waals surface area contributed by atoms with Gasteiger partial charge < -0.3 is 5.32 Å². The molecule has 0 aliphatic heterocycles. The fourth-order valence-corrected chi connectivity index (χ4v) is 3.27. The maximum absolute atomic E-state index is 12.1. The first-order valence-electron chi connectivity index (χ1n) is 7.50. The predicted molar refractivity (Wildman–Crippen MR) is 73.0 cm³/mol. The number of nitrogens with one attached hydrogen (secondary N) is 1. The van der Waals surface area contributed by atoms with Gasteiger partial charge >= 0.3 is 6.18 Å². The topological polar surface area (TPSA) is 35.8 Å². The quantitative estimate of drug-likeness (QED) is 0.793. The van der Waals surface area contributed by atoms with E-state index in [2.05, 4.69) is 25.2 Å². The number of rotatable bonds is 6. The van der Waals surface area contributed by atoms with E-state index in [0.29, 0.717) is 24.2 Å². The van der Waals surface area contributed by atoms with Crippen molar-refractivity contribution in [2.75, 3.05) is 6.54 Å². The first kappa shape index (κ1) is 17.3. The van der Waals surface area contributed by atoms with Crippen LogP contribution in [0.25, 0.3) is 0 Å². The summed E-state index contributed by atoms with van der Waals surface area (Å²) in [4.78, 5) is 0. The molecular formula is C15H25F3N2. The third kappa shape index (κ3) is 6.13. The van der Waals surface area contributed by atoms with Crippen LogP contribution in [0.15, 0.2) is 0 Å². The number of nitrogens with zero attached hydrogens (tertiary/aromatic N) is 1. The Morgan fingerprint density at radius 3 is 2.55 bits per heavy atom. The zero-order valence-electron chi connectivity index (χ0n) is 12.3. The Kier molecular flexibility index (Phi) is 6.81. The van der Waals surface area contributed by atoms with Crippen molar-refractivity contribution in [2.24, 2.45) is 17.8 Å². The van der Waals surface area contributed by atoms with Crippen molar-refractivity contribution in [2.45, 2.75) is 64.6 Å². The van der Waals surface area contributed by atoms with Crippen molar-refractivity contribution in [3.8, 4) is 6.07 Å². The summed E-state index contributed by atoms with van der Waals surface area (Å²) in [6.45, 7) is 4.26. The Balaban J connectivity index is 2.43. The van der Waals surface area contributed by atoms with Gasteiger partial charge in [-0.2, -0.15) is 18.4 Å². The molecule has 1 saturated carbocycles. The van der Waals surface area contributed by atoms with Gasteiger partial charge in [0.15, 0.2) is 0 Å². The lowest BCUT2D eigenvalue weighted by Gasteiger charge is -2.36. The number of halogens is 3. The highest BCUT2D eigenvalue weighted by molar-refractivity contribution is 4.87. The fourth-order valence-electron chi connectivity index (χ4n) is 3.27. The van der Waals surface area contributed by atoms with E-state index in [1.807, 2.05) is 0 Å². The number of hydrogen-bond donors (Lipinski definition) is 1. The van der Waals surface area contributed by atoms with E-state index >= 15 is 0 Å². The molecule has 1 aliphatic rings. The minimum atomic E-state index is -4.08. The number of nitriles is 1. The van der Waals surface area contributed by atoms with Crippen molar-refractivity contribution in [3.05, 3.63) is 0 Å². The maximum Gasteiger partial charge on any atom is 0.390 e. The lowest BCUT2D eigenvalue weighted by molar-refractivity contribution is -0.133. The SMILES string of the molecule is CC(C)C(CC#N)C1CCC[C@H](NCCC(F)(F)F)C1. The summed E-state index contributed by atoms with van der Waals surface area (Å²) in [5.41, 5.74) is 0. The molecule has 1 N–H and O–H groups in total. The standard InChI is InChI=1S/C15H25F3N2/c1-11(2)14(6-8-19)12-4-3-5-13(10-12)20-9-7-15(16,17)18/h11-14,20H,3-7,9-10H2,1-2H3/t12?,13-,14?/m0/s1. The van der Waals surface area contributed by atoms with E-state index in [0.717, 1.165) is 25.7 Å². The number of alkyl halides is 3. The minimum absolute atomic E-state index is 0.00544. The van der Waals surface area contributed by atoms with Crippen LogP contribution < -0.4 is 5.32 Å². The molecule has 2 unspecified atom stereocenters. The zero-order valence-corrected chi connectivity index (χ0v) is 12.3. The van der Waals surface area contributed by atoms with E-state index in [4.69, 9.17) is 5.26 Å². The Morgan fingerprint density at radius 2 is 2.00 bits per heavy atom. The van der Waals surface area contributed by atoms with Gasteiger partial charge in [-0.1, -0.05) is 26.7 Å². The third-order valence-corrected chi connectivity index (χ3v) is 4.35. The summed E-state index contributed by atoms with van der Waals surface area (Å²) in [6, 6.07) is 2.43. The van der Waals surface area contributed by atoms with E-state index in [9.17, 15) is 13.2 Å². The average molecular weight is 290 g/mol. The monoisotopic (exact) mass is 290 g/mol. The van der Waals surface area contributed by atoms with E-state index in [1.165, 1.54) is 0 Å². The first-order valence-corrected chi connectivity index (χ1v) is 7.50. The van der Waals surface area contributed by atoms with Gasteiger partial charge in [-0.15, -0.1) is 0 Å². The van der Waals surface area contributed by atoms with Crippen molar-refractivity contribution >= 4 is 0 Å².